The van der Waals surface area contributed by atoms with Crippen molar-refractivity contribution in [1.82, 2.24) is 15.1 Å². The van der Waals surface area contributed by atoms with E-state index >= 15 is 0 Å². The van der Waals surface area contributed by atoms with E-state index in [4.69, 9.17) is 4.74 Å². The lowest BCUT2D eigenvalue weighted by Gasteiger charge is -2.33. The summed E-state index contributed by atoms with van der Waals surface area (Å²) in [6, 6.07) is 19.5. The first-order chi connectivity index (χ1) is 15.0. The Hall–Kier alpha value is -2.86. The van der Waals surface area contributed by atoms with Crippen molar-refractivity contribution in [3.63, 3.8) is 0 Å². The topological polar surface area (TPSA) is 61.9 Å². The molecule has 0 bridgehead atoms. The van der Waals surface area contributed by atoms with Gasteiger partial charge in [0.2, 0.25) is 5.91 Å². The van der Waals surface area contributed by atoms with Crippen LogP contribution >= 0.6 is 0 Å². The van der Waals surface area contributed by atoms with Crippen LogP contribution in [-0.4, -0.2) is 61.6 Å². The molecule has 3 rings (SSSR count). The molecule has 0 aromatic heterocycles. The van der Waals surface area contributed by atoms with Crippen molar-refractivity contribution in [2.24, 2.45) is 5.92 Å². The van der Waals surface area contributed by atoms with Crippen molar-refractivity contribution < 1.29 is 14.3 Å². The second kappa shape index (κ2) is 11.0. The highest BCUT2D eigenvalue weighted by atomic mass is 16.5. The van der Waals surface area contributed by atoms with Crippen LogP contribution in [0.3, 0.4) is 0 Å². The molecule has 6 heteroatoms. The van der Waals surface area contributed by atoms with Crippen LogP contribution in [0.1, 0.15) is 36.9 Å². The van der Waals surface area contributed by atoms with Gasteiger partial charge in [-0.25, -0.2) is 4.79 Å². The van der Waals surface area contributed by atoms with Gasteiger partial charge in [0.05, 0.1) is 25.2 Å². The van der Waals surface area contributed by atoms with Crippen LogP contribution in [-0.2, 0) is 9.53 Å². The lowest BCUT2D eigenvalue weighted by atomic mass is 9.95. The van der Waals surface area contributed by atoms with Crippen LogP contribution in [0.25, 0.3) is 0 Å². The Bertz CT molecular complexity index is 836. The number of rotatable bonds is 7. The molecule has 1 aliphatic rings. The van der Waals surface area contributed by atoms with Gasteiger partial charge in [-0.05, 0) is 17.0 Å². The summed E-state index contributed by atoms with van der Waals surface area (Å²) in [5, 5.41) is 3.01. The molecule has 0 radical (unpaired) electrons. The van der Waals surface area contributed by atoms with Gasteiger partial charge in [0, 0.05) is 26.7 Å². The smallest absolute Gasteiger partial charge is 0.317 e. The van der Waals surface area contributed by atoms with Crippen LogP contribution in [0.5, 0.6) is 0 Å². The molecule has 3 amide bonds. The van der Waals surface area contributed by atoms with Crippen molar-refractivity contribution >= 4 is 11.9 Å². The quantitative estimate of drug-likeness (QED) is 0.739. The Labute approximate surface area is 185 Å². The molecule has 1 N–H and O–H groups in total. The van der Waals surface area contributed by atoms with Crippen molar-refractivity contribution in [2.75, 3.05) is 39.9 Å². The molecule has 2 unspecified atom stereocenters. The van der Waals surface area contributed by atoms with Gasteiger partial charge in [0.15, 0.2) is 0 Å². The molecular weight excluding hydrogens is 390 g/mol. The van der Waals surface area contributed by atoms with Gasteiger partial charge in [-0.3, -0.25) is 4.79 Å². The summed E-state index contributed by atoms with van der Waals surface area (Å²) >= 11 is 0. The van der Waals surface area contributed by atoms with E-state index < -0.39 is 5.92 Å². The third-order valence-corrected chi connectivity index (χ3v) is 5.79. The van der Waals surface area contributed by atoms with E-state index in [1.165, 1.54) is 0 Å². The normalized spacial score (nSPS) is 15.9. The largest absolute Gasteiger partial charge is 0.378 e. The minimum atomic E-state index is -0.425. The van der Waals surface area contributed by atoms with E-state index in [2.05, 4.69) is 19.2 Å². The van der Waals surface area contributed by atoms with Crippen LogP contribution in [0.4, 0.5) is 4.79 Å². The van der Waals surface area contributed by atoms with Crippen molar-refractivity contribution in [3.8, 4) is 0 Å². The highest BCUT2D eigenvalue weighted by Crippen LogP contribution is 2.27. The highest BCUT2D eigenvalue weighted by Gasteiger charge is 2.29. The fraction of sp³-hybridized carbons (Fsp3) is 0.440. The molecule has 0 aliphatic carbocycles. The van der Waals surface area contributed by atoms with Gasteiger partial charge < -0.3 is 19.9 Å². The zero-order valence-corrected chi connectivity index (χ0v) is 18.7. The molecular formula is C25H33N3O3. The van der Waals surface area contributed by atoms with Crippen LogP contribution in [0.2, 0.25) is 0 Å². The Morgan fingerprint density at radius 1 is 0.968 bits per heavy atom. The SMILES string of the molecule is CC(C)C(c1ccccc1)N(C)C(=O)NCC(C(=O)N1CCOCC1)c1ccccc1. The molecule has 0 spiro atoms. The fourth-order valence-corrected chi connectivity index (χ4v) is 4.18. The fourth-order valence-electron chi connectivity index (χ4n) is 4.18. The molecule has 1 fully saturated rings. The average Bonchev–Trinajstić information content (AvgIpc) is 2.80. The van der Waals surface area contributed by atoms with Crippen LogP contribution in [0, 0.1) is 5.92 Å². The summed E-state index contributed by atoms with van der Waals surface area (Å²) in [5.74, 6) is -0.148. The van der Waals surface area contributed by atoms with Gasteiger partial charge in [-0.1, -0.05) is 74.5 Å². The molecule has 1 heterocycles. The number of hydrogen-bond acceptors (Lipinski definition) is 3. The minimum Gasteiger partial charge on any atom is -0.378 e. The van der Waals surface area contributed by atoms with Gasteiger partial charge in [0.1, 0.15) is 0 Å². The molecule has 2 aromatic rings. The molecule has 6 nitrogen and oxygen atoms in total. The zero-order valence-electron chi connectivity index (χ0n) is 18.7. The molecule has 31 heavy (non-hydrogen) atoms. The summed E-state index contributed by atoms with van der Waals surface area (Å²) in [6.07, 6.45) is 0. The molecule has 1 aliphatic heterocycles. The van der Waals surface area contributed by atoms with E-state index in [1.54, 1.807) is 4.90 Å². The van der Waals surface area contributed by atoms with Gasteiger partial charge in [-0.2, -0.15) is 0 Å². The van der Waals surface area contributed by atoms with E-state index in [0.717, 1.165) is 11.1 Å². The molecule has 0 saturated carbocycles. The van der Waals surface area contributed by atoms with Crippen molar-refractivity contribution in [3.05, 3.63) is 71.8 Å². The number of carbonyl (C=O) groups is 2. The monoisotopic (exact) mass is 423 g/mol. The van der Waals surface area contributed by atoms with E-state index in [0.29, 0.717) is 26.3 Å². The molecule has 2 atom stereocenters. The Morgan fingerprint density at radius 3 is 2.06 bits per heavy atom. The number of morpholine rings is 1. The molecule has 1 saturated heterocycles. The summed E-state index contributed by atoms with van der Waals surface area (Å²) in [7, 11) is 1.81. The Balaban J connectivity index is 1.72. The standard InChI is InChI=1S/C25H33N3O3/c1-19(2)23(21-12-8-5-9-13-21)27(3)25(30)26-18-22(20-10-6-4-7-11-20)24(29)28-14-16-31-17-15-28/h4-13,19,22-23H,14-18H2,1-3H3,(H,26,30). The van der Waals surface area contributed by atoms with Crippen molar-refractivity contribution in [1.29, 1.82) is 0 Å². The average molecular weight is 424 g/mol. The maximum Gasteiger partial charge on any atom is 0.317 e. The van der Waals surface area contributed by atoms with E-state index in [1.807, 2.05) is 72.6 Å². The van der Waals surface area contributed by atoms with E-state index in [-0.39, 0.29) is 30.4 Å². The number of nitrogens with zero attached hydrogens (tertiary/aromatic N) is 2. The summed E-state index contributed by atoms with van der Waals surface area (Å²) in [6.45, 7) is 6.74. The number of benzene rings is 2. The summed E-state index contributed by atoms with van der Waals surface area (Å²) < 4.78 is 5.39. The Morgan fingerprint density at radius 2 is 1.52 bits per heavy atom. The van der Waals surface area contributed by atoms with E-state index in [9.17, 15) is 9.59 Å². The first-order valence-electron chi connectivity index (χ1n) is 11.0. The second-order valence-electron chi connectivity index (χ2n) is 8.30. The second-order valence-corrected chi connectivity index (χ2v) is 8.30. The van der Waals surface area contributed by atoms with Crippen molar-refractivity contribution in [2.45, 2.75) is 25.8 Å². The molecule has 2 aromatic carbocycles. The van der Waals surface area contributed by atoms with Gasteiger partial charge in [0.25, 0.3) is 0 Å². The van der Waals surface area contributed by atoms with Crippen LogP contribution in [0.15, 0.2) is 60.7 Å². The third kappa shape index (κ3) is 5.85. The van der Waals surface area contributed by atoms with Gasteiger partial charge in [-0.15, -0.1) is 0 Å². The zero-order chi connectivity index (χ0) is 22.2. The highest BCUT2D eigenvalue weighted by molar-refractivity contribution is 5.85. The number of urea groups is 1. The first-order valence-corrected chi connectivity index (χ1v) is 11.0. The lowest BCUT2D eigenvalue weighted by molar-refractivity contribution is -0.136. The number of ether oxygens (including phenoxy) is 1. The van der Waals surface area contributed by atoms with Gasteiger partial charge >= 0.3 is 6.03 Å². The summed E-state index contributed by atoms with van der Waals surface area (Å²) in [5.41, 5.74) is 2.00. The number of amides is 3. The first kappa shape index (κ1) is 22.8. The predicted octanol–water partition coefficient (Wildman–Crippen LogP) is 3.67. The number of hydrogen-bond donors (Lipinski definition) is 1. The maximum absolute atomic E-state index is 13.3. The third-order valence-electron chi connectivity index (χ3n) is 5.79. The number of nitrogens with one attached hydrogen (secondary N) is 1. The van der Waals surface area contributed by atoms with Crippen LogP contribution < -0.4 is 5.32 Å². The predicted molar refractivity (Wildman–Crippen MR) is 122 cm³/mol. The molecule has 166 valence electrons. The Kier molecular flexibility index (Phi) is 8.06. The minimum absolute atomic E-state index is 0.0286. The maximum atomic E-state index is 13.3. The summed E-state index contributed by atoms with van der Waals surface area (Å²) in [4.78, 5) is 29.9. The lowest BCUT2D eigenvalue weighted by Crippen LogP contribution is -2.47. The number of carbonyl (C=O) groups excluding carboxylic acids is 2.